The number of hydrogen-bond acceptors (Lipinski definition) is 2. The first-order chi connectivity index (χ1) is 7.63. The molecule has 1 aromatic carbocycles. The van der Waals surface area contributed by atoms with E-state index in [2.05, 4.69) is 0 Å². The van der Waals surface area contributed by atoms with Crippen LogP contribution in [0.1, 0.15) is 24.8 Å². The average molecular weight is 256 g/mol. The molecule has 1 aliphatic carbocycles. The molecule has 0 bridgehead atoms. The molecule has 1 aromatic rings. The molecule has 1 aliphatic rings. The number of halogens is 1. The van der Waals surface area contributed by atoms with E-state index in [1.54, 1.807) is 0 Å². The first-order valence-corrected chi connectivity index (χ1v) is 5.69. The minimum Gasteiger partial charge on any atom is -0.480 e. The summed E-state index contributed by atoms with van der Waals surface area (Å²) < 4.78 is 0. The molecule has 4 heteroatoms. The first-order valence-electron chi connectivity index (χ1n) is 5.69. The number of rotatable bonds is 3. The van der Waals surface area contributed by atoms with Crippen LogP contribution in [-0.4, -0.2) is 16.6 Å². The minimum absolute atomic E-state index is 0. The summed E-state index contributed by atoms with van der Waals surface area (Å²) in [6, 6.07) is 9.97. The molecule has 0 heterocycles. The maximum atomic E-state index is 11.2. The van der Waals surface area contributed by atoms with Crippen molar-refractivity contribution in [3.05, 3.63) is 35.9 Å². The SMILES string of the molecule is Cl.NC1(C(=O)O)CCCC1Cc1ccccc1. The third-order valence-corrected chi connectivity index (χ3v) is 3.59. The fraction of sp³-hybridized carbons (Fsp3) is 0.462. The summed E-state index contributed by atoms with van der Waals surface area (Å²) in [4.78, 5) is 11.2. The van der Waals surface area contributed by atoms with Gasteiger partial charge in [0.05, 0.1) is 0 Å². The van der Waals surface area contributed by atoms with E-state index < -0.39 is 11.5 Å². The van der Waals surface area contributed by atoms with Gasteiger partial charge in [-0.15, -0.1) is 12.4 Å². The quantitative estimate of drug-likeness (QED) is 0.871. The Labute approximate surface area is 107 Å². The van der Waals surface area contributed by atoms with Gasteiger partial charge in [-0.25, -0.2) is 0 Å². The van der Waals surface area contributed by atoms with Crippen molar-refractivity contribution < 1.29 is 9.90 Å². The van der Waals surface area contributed by atoms with Gasteiger partial charge in [-0.2, -0.15) is 0 Å². The van der Waals surface area contributed by atoms with Crippen molar-refractivity contribution in [2.75, 3.05) is 0 Å². The zero-order valence-corrected chi connectivity index (χ0v) is 10.5. The molecule has 0 aliphatic heterocycles. The van der Waals surface area contributed by atoms with E-state index >= 15 is 0 Å². The van der Waals surface area contributed by atoms with Gasteiger partial charge in [0.25, 0.3) is 0 Å². The van der Waals surface area contributed by atoms with E-state index in [9.17, 15) is 9.90 Å². The van der Waals surface area contributed by atoms with Gasteiger partial charge in [0.15, 0.2) is 0 Å². The lowest BCUT2D eigenvalue weighted by atomic mass is 9.83. The van der Waals surface area contributed by atoms with Crippen LogP contribution in [0.3, 0.4) is 0 Å². The van der Waals surface area contributed by atoms with Crippen LogP contribution < -0.4 is 5.73 Å². The van der Waals surface area contributed by atoms with Gasteiger partial charge in [0.1, 0.15) is 5.54 Å². The van der Waals surface area contributed by atoms with Crippen LogP contribution >= 0.6 is 12.4 Å². The number of nitrogens with two attached hydrogens (primary N) is 1. The number of carbonyl (C=O) groups is 1. The lowest BCUT2D eigenvalue weighted by Gasteiger charge is -2.26. The first kappa shape index (κ1) is 14.0. The smallest absolute Gasteiger partial charge is 0.323 e. The zero-order valence-electron chi connectivity index (χ0n) is 9.63. The van der Waals surface area contributed by atoms with E-state index in [1.165, 1.54) is 5.56 Å². The van der Waals surface area contributed by atoms with Crippen molar-refractivity contribution in [2.45, 2.75) is 31.2 Å². The second-order valence-corrected chi connectivity index (χ2v) is 4.62. The van der Waals surface area contributed by atoms with Crippen molar-refractivity contribution in [3.63, 3.8) is 0 Å². The van der Waals surface area contributed by atoms with Crippen LogP contribution in [0.5, 0.6) is 0 Å². The Morgan fingerprint density at radius 3 is 2.65 bits per heavy atom. The average Bonchev–Trinajstić information content (AvgIpc) is 2.63. The van der Waals surface area contributed by atoms with Crippen molar-refractivity contribution in [1.29, 1.82) is 0 Å². The van der Waals surface area contributed by atoms with Gasteiger partial charge in [0, 0.05) is 0 Å². The Kier molecular flexibility index (Phi) is 4.54. The molecule has 0 amide bonds. The number of benzene rings is 1. The molecule has 2 unspecified atom stereocenters. The number of carboxylic acid groups (broad SMARTS) is 1. The lowest BCUT2D eigenvalue weighted by molar-refractivity contribution is -0.144. The highest BCUT2D eigenvalue weighted by Gasteiger charge is 2.45. The van der Waals surface area contributed by atoms with Gasteiger partial charge in [-0.05, 0) is 30.7 Å². The van der Waals surface area contributed by atoms with E-state index in [0.29, 0.717) is 6.42 Å². The zero-order chi connectivity index (χ0) is 11.6. The van der Waals surface area contributed by atoms with Crippen LogP contribution in [0.25, 0.3) is 0 Å². The molecule has 2 rings (SSSR count). The molecule has 2 atom stereocenters. The van der Waals surface area contributed by atoms with Crippen LogP contribution in [-0.2, 0) is 11.2 Å². The highest BCUT2D eigenvalue weighted by molar-refractivity contribution is 5.85. The Hall–Kier alpha value is -1.06. The molecule has 0 radical (unpaired) electrons. The molecule has 1 saturated carbocycles. The maximum absolute atomic E-state index is 11.2. The van der Waals surface area contributed by atoms with Crippen LogP contribution in [0.15, 0.2) is 30.3 Å². The Morgan fingerprint density at radius 2 is 2.06 bits per heavy atom. The molecule has 3 N–H and O–H groups in total. The van der Waals surface area contributed by atoms with E-state index in [4.69, 9.17) is 5.73 Å². The standard InChI is InChI=1S/C13H17NO2.ClH/c14-13(12(15)16)8-4-7-11(13)9-10-5-2-1-3-6-10;/h1-3,5-6,11H,4,7-9,14H2,(H,15,16);1H. The van der Waals surface area contributed by atoms with Crippen molar-refractivity contribution in [1.82, 2.24) is 0 Å². The monoisotopic (exact) mass is 255 g/mol. The molecule has 0 spiro atoms. The van der Waals surface area contributed by atoms with Gasteiger partial charge < -0.3 is 10.8 Å². The normalized spacial score (nSPS) is 27.5. The molecule has 0 aromatic heterocycles. The summed E-state index contributed by atoms with van der Waals surface area (Å²) in [6.45, 7) is 0. The van der Waals surface area contributed by atoms with E-state index in [-0.39, 0.29) is 18.3 Å². The summed E-state index contributed by atoms with van der Waals surface area (Å²) in [6.07, 6.45) is 3.20. The number of carboxylic acids is 1. The summed E-state index contributed by atoms with van der Waals surface area (Å²) in [5.74, 6) is -0.793. The predicted molar refractivity (Wildman–Crippen MR) is 69.3 cm³/mol. The van der Waals surface area contributed by atoms with Crippen molar-refractivity contribution in [3.8, 4) is 0 Å². The Bertz CT molecular complexity index is 382. The predicted octanol–water partition coefficient (Wildman–Crippen LogP) is 2.23. The van der Waals surface area contributed by atoms with Gasteiger partial charge in [0.2, 0.25) is 0 Å². The molecular formula is C13H18ClNO2. The fourth-order valence-corrected chi connectivity index (χ4v) is 2.57. The largest absolute Gasteiger partial charge is 0.480 e. The topological polar surface area (TPSA) is 63.3 Å². The van der Waals surface area contributed by atoms with Gasteiger partial charge >= 0.3 is 5.97 Å². The highest BCUT2D eigenvalue weighted by atomic mass is 35.5. The summed E-state index contributed by atoms with van der Waals surface area (Å²) in [5, 5.41) is 9.20. The second kappa shape index (κ2) is 5.52. The van der Waals surface area contributed by atoms with Gasteiger partial charge in [-0.3, -0.25) is 4.79 Å². The van der Waals surface area contributed by atoms with Crippen molar-refractivity contribution >= 4 is 18.4 Å². The molecule has 1 fully saturated rings. The van der Waals surface area contributed by atoms with Gasteiger partial charge in [-0.1, -0.05) is 36.8 Å². The molecular weight excluding hydrogens is 238 g/mol. The third kappa shape index (κ3) is 2.79. The summed E-state index contributed by atoms with van der Waals surface area (Å²) in [7, 11) is 0. The number of hydrogen-bond donors (Lipinski definition) is 2. The Morgan fingerprint density at radius 1 is 1.41 bits per heavy atom. The molecule has 0 saturated heterocycles. The lowest BCUT2D eigenvalue weighted by Crippen LogP contribution is -2.51. The van der Waals surface area contributed by atoms with Crippen LogP contribution in [0.2, 0.25) is 0 Å². The van der Waals surface area contributed by atoms with Crippen LogP contribution in [0, 0.1) is 5.92 Å². The molecule has 3 nitrogen and oxygen atoms in total. The number of aliphatic carboxylic acids is 1. The van der Waals surface area contributed by atoms with E-state index in [0.717, 1.165) is 19.3 Å². The minimum atomic E-state index is -1.02. The molecule has 94 valence electrons. The Balaban J connectivity index is 0.00000144. The second-order valence-electron chi connectivity index (χ2n) is 4.62. The third-order valence-electron chi connectivity index (χ3n) is 3.59. The van der Waals surface area contributed by atoms with Crippen LogP contribution in [0.4, 0.5) is 0 Å². The molecule has 17 heavy (non-hydrogen) atoms. The van der Waals surface area contributed by atoms with Crippen molar-refractivity contribution in [2.24, 2.45) is 11.7 Å². The van der Waals surface area contributed by atoms with E-state index in [1.807, 2.05) is 30.3 Å². The summed E-state index contributed by atoms with van der Waals surface area (Å²) >= 11 is 0. The highest BCUT2D eigenvalue weighted by Crippen LogP contribution is 2.36. The fourth-order valence-electron chi connectivity index (χ4n) is 2.57. The summed E-state index contributed by atoms with van der Waals surface area (Å²) in [5.41, 5.74) is 6.15. The maximum Gasteiger partial charge on any atom is 0.323 e.